The number of aryl methyl sites for hydroxylation is 1. The first-order valence-corrected chi connectivity index (χ1v) is 12.9. The van der Waals surface area contributed by atoms with Crippen molar-refractivity contribution in [2.75, 3.05) is 13.1 Å². The van der Waals surface area contributed by atoms with Crippen molar-refractivity contribution in [2.24, 2.45) is 5.92 Å². The monoisotopic (exact) mass is 478 g/mol. The molecule has 0 unspecified atom stereocenters. The van der Waals surface area contributed by atoms with Crippen LogP contribution >= 0.6 is 11.3 Å². The number of nitrogens with zero attached hydrogens (tertiary/aromatic N) is 3. The number of aromatic nitrogens is 2. The molecule has 1 amide bonds. The van der Waals surface area contributed by atoms with Gasteiger partial charge in [-0.25, -0.2) is 13.8 Å². The maximum atomic E-state index is 13.2. The van der Waals surface area contributed by atoms with Crippen LogP contribution in [0.4, 0.5) is 8.78 Å². The first kappa shape index (κ1) is 22.9. The van der Waals surface area contributed by atoms with Gasteiger partial charge in [0, 0.05) is 48.8 Å². The SMILES string of the molecule is Cc1cc(CC(=O)NC2CCC(CCN3CCc4sc(C5CC(F)(F)C5)nc4C3)CC2)on1. The zero-order valence-electron chi connectivity index (χ0n) is 19.1. The third-order valence-corrected chi connectivity index (χ3v) is 8.66. The molecule has 0 spiro atoms. The first-order valence-electron chi connectivity index (χ1n) is 12.1. The molecule has 1 aliphatic heterocycles. The predicted octanol–water partition coefficient (Wildman–Crippen LogP) is 4.62. The van der Waals surface area contributed by atoms with Crippen LogP contribution in [0.2, 0.25) is 0 Å². The van der Waals surface area contributed by atoms with Crippen LogP contribution in [0.25, 0.3) is 0 Å². The molecule has 0 bridgehead atoms. The highest BCUT2D eigenvalue weighted by molar-refractivity contribution is 7.11. The Morgan fingerprint density at radius 3 is 2.79 bits per heavy atom. The Morgan fingerprint density at radius 2 is 2.09 bits per heavy atom. The molecule has 9 heteroatoms. The number of nitrogens with one attached hydrogen (secondary N) is 1. The average Bonchev–Trinajstić information content (AvgIpc) is 3.36. The molecule has 6 nitrogen and oxygen atoms in total. The van der Waals surface area contributed by atoms with Gasteiger partial charge in [0.05, 0.1) is 22.8 Å². The summed E-state index contributed by atoms with van der Waals surface area (Å²) in [4.78, 5) is 20.8. The fourth-order valence-electron chi connectivity index (χ4n) is 5.37. The molecule has 3 heterocycles. The Bertz CT molecular complexity index is 975. The van der Waals surface area contributed by atoms with Crippen molar-refractivity contribution in [3.8, 4) is 0 Å². The van der Waals surface area contributed by atoms with Crippen molar-refractivity contribution in [1.29, 1.82) is 0 Å². The van der Waals surface area contributed by atoms with Crippen LogP contribution in [0.1, 0.15) is 77.9 Å². The number of rotatable bonds is 7. The van der Waals surface area contributed by atoms with Gasteiger partial charge in [-0.2, -0.15) is 0 Å². The quantitative estimate of drug-likeness (QED) is 0.629. The Morgan fingerprint density at radius 1 is 1.30 bits per heavy atom. The number of halogens is 2. The lowest BCUT2D eigenvalue weighted by molar-refractivity contribution is -0.121. The lowest BCUT2D eigenvalue weighted by atomic mass is 9.82. The summed E-state index contributed by atoms with van der Waals surface area (Å²) in [5.74, 6) is -1.21. The molecule has 0 atom stereocenters. The summed E-state index contributed by atoms with van der Waals surface area (Å²) in [5.41, 5.74) is 1.91. The fourth-order valence-corrected chi connectivity index (χ4v) is 6.53. The lowest BCUT2D eigenvalue weighted by Gasteiger charge is -2.33. The number of hydrogen-bond acceptors (Lipinski definition) is 6. The number of fused-ring (bicyclic) bond motifs is 1. The Balaban J connectivity index is 1.02. The maximum Gasteiger partial charge on any atom is 0.249 e. The highest BCUT2D eigenvalue weighted by atomic mass is 32.1. The summed E-state index contributed by atoms with van der Waals surface area (Å²) >= 11 is 1.66. The van der Waals surface area contributed by atoms with E-state index in [2.05, 4.69) is 15.4 Å². The van der Waals surface area contributed by atoms with Gasteiger partial charge in [0.25, 0.3) is 0 Å². The largest absolute Gasteiger partial charge is 0.361 e. The zero-order chi connectivity index (χ0) is 23.0. The molecule has 2 aromatic rings. The molecule has 180 valence electrons. The van der Waals surface area contributed by atoms with Crippen LogP contribution < -0.4 is 5.32 Å². The van der Waals surface area contributed by atoms with E-state index in [0.29, 0.717) is 11.7 Å². The molecule has 2 aromatic heterocycles. The van der Waals surface area contributed by atoms with Gasteiger partial charge in [0.2, 0.25) is 11.8 Å². The molecule has 3 aliphatic rings. The van der Waals surface area contributed by atoms with Gasteiger partial charge in [-0.1, -0.05) is 5.16 Å². The Hall–Kier alpha value is -1.87. The summed E-state index contributed by atoms with van der Waals surface area (Å²) in [6.45, 7) is 4.78. The van der Waals surface area contributed by atoms with Crippen LogP contribution in [-0.4, -0.2) is 46.0 Å². The van der Waals surface area contributed by atoms with Gasteiger partial charge in [-0.15, -0.1) is 11.3 Å². The van der Waals surface area contributed by atoms with Crippen molar-refractivity contribution >= 4 is 17.2 Å². The minimum absolute atomic E-state index is 0.00646. The average molecular weight is 479 g/mol. The maximum absolute atomic E-state index is 13.2. The molecule has 0 radical (unpaired) electrons. The minimum atomic E-state index is -2.49. The standard InChI is InChI=1S/C24H32F2N4O2S/c1-15-10-19(32-29-15)11-22(31)27-18-4-2-16(3-5-18)6-8-30-9-7-21-20(14-30)28-23(33-21)17-12-24(25,26)13-17/h10,16-18H,2-9,11-14H2,1H3,(H,27,31). The van der Waals surface area contributed by atoms with Crippen molar-refractivity contribution in [2.45, 2.75) is 89.1 Å². The van der Waals surface area contributed by atoms with Gasteiger partial charge in [-0.3, -0.25) is 9.69 Å². The second-order valence-electron chi connectivity index (χ2n) is 10.1. The topological polar surface area (TPSA) is 71.3 Å². The molecule has 2 saturated carbocycles. The van der Waals surface area contributed by atoms with Crippen molar-refractivity contribution in [3.63, 3.8) is 0 Å². The van der Waals surface area contributed by atoms with E-state index in [4.69, 9.17) is 9.51 Å². The lowest BCUT2D eigenvalue weighted by Crippen LogP contribution is -2.39. The van der Waals surface area contributed by atoms with Gasteiger partial charge in [0.15, 0.2) is 0 Å². The highest BCUT2D eigenvalue weighted by Gasteiger charge is 2.47. The normalized spacial score (nSPS) is 25.4. The summed E-state index contributed by atoms with van der Waals surface area (Å²) in [6, 6.07) is 2.06. The van der Waals surface area contributed by atoms with Crippen LogP contribution in [0.3, 0.4) is 0 Å². The summed E-state index contributed by atoms with van der Waals surface area (Å²) in [6.07, 6.45) is 6.66. The van der Waals surface area contributed by atoms with E-state index in [0.717, 1.165) is 68.1 Å². The second-order valence-corrected chi connectivity index (χ2v) is 11.2. The second kappa shape index (κ2) is 9.41. The molecule has 2 aliphatic carbocycles. The number of hydrogen-bond donors (Lipinski definition) is 1. The van der Waals surface area contributed by atoms with Gasteiger partial charge in [-0.05, 0) is 57.9 Å². The van der Waals surface area contributed by atoms with E-state index < -0.39 is 5.92 Å². The van der Waals surface area contributed by atoms with Crippen LogP contribution in [0.5, 0.6) is 0 Å². The van der Waals surface area contributed by atoms with Crippen LogP contribution in [-0.2, 0) is 24.2 Å². The van der Waals surface area contributed by atoms with E-state index in [9.17, 15) is 13.6 Å². The third-order valence-electron chi connectivity index (χ3n) is 7.34. The van der Waals surface area contributed by atoms with E-state index in [1.54, 1.807) is 17.4 Å². The van der Waals surface area contributed by atoms with E-state index in [1.807, 2.05) is 6.92 Å². The van der Waals surface area contributed by atoms with Gasteiger partial charge >= 0.3 is 0 Å². The molecule has 2 fully saturated rings. The summed E-state index contributed by atoms with van der Waals surface area (Å²) in [7, 11) is 0. The first-order chi connectivity index (χ1) is 15.8. The van der Waals surface area contributed by atoms with Crippen LogP contribution in [0, 0.1) is 12.8 Å². The molecule has 33 heavy (non-hydrogen) atoms. The van der Waals surface area contributed by atoms with E-state index in [-0.39, 0.29) is 37.1 Å². The third kappa shape index (κ3) is 5.62. The highest BCUT2D eigenvalue weighted by Crippen LogP contribution is 2.49. The number of carbonyl (C=O) groups excluding carboxylic acids is 1. The molecule has 0 saturated heterocycles. The molecule has 5 rings (SSSR count). The summed E-state index contributed by atoms with van der Waals surface area (Å²) in [5, 5.41) is 7.90. The van der Waals surface area contributed by atoms with Crippen molar-refractivity contribution < 1.29 is 18.1 Å². The van der Waals surface area contributed by atoms with Crippen LogP contribution in [0.15, 0.2) is 10.6 Å². The van der Waals surface area contributed by atoms with Crippen molar-refractivity contribution in [1.82, 2.24) is 20.4 Å². The van der Waals surface area contributed by atoms with E-state index >= 15 is 0 Å². The number of amides is 1. The number of carbonyl (C=O) groups is 1. The van der Waals surface area contributed by atoms with E-state index in [1.165, 1.54) is 11.3 Å². The molecule has 0 aromatic carbocycles. The number of thiazole rings is 1. The molecule has 1 N–H and O–H groups in total. The number of alkyl halides is 2. The summed E-state index contributed by atoms with van der Waals surface area (Å²) < 4.78 is 31.6. The molecular formula is C24H32F2N4O2S. The fraction of sp³-hybridized carbons (Fsp3) is 0.708. The predicted molar refractivity (Wildman–Crippen MR) is 121 cm³/mol. The van der Waals surface area contributed by atoms with Gasteiger partial charge < -0.3 is 9.84 Å². The Labute approximate surface area is 197 Å². The van der Waals surface area contributed by atoms with Crippen molar-refractivity contribution in [3.05, 3.63) is 33.1 Å². The van der Waals surface area contributed by atoms with Gasteiger partial charge in [0.1, 0.15) is 5.76 Å². The smallest absolute Gasteiger partial charge is 0.249 e. The minimum Gasteiger partial charge on any atom is -0.361 e. The Kier molecular flexibility index (Phi) is 6.53. The zero-order valence-corrected chi connectivity index (χ0v) is 19.9. The molecular weight excluding hydrogens is 446 g/mol.